The summed E-state index contributed by atoms with van der Waals surface area (Å²) in [5, 5.41) is 9.45. The monoisotopic (exact) mass is 489 g/mol. The van der Waals surface area contributed by atoms with Crippen LogP contribution < -0.4 is 10.3 Å². The number of aromatic carboxylic acids is 1. The summed E-state index contributed by atoms with van der Waals surface area (Å²) in [4.78, 5) is 31.1. The minimum atomic E-state index is -4.74. The van der Waals surface area contributed by atoms with Crippen molar-refractivity contribution in [1.82, 2.24) is 14.5 Å². The molecule has 2 aromatic heterocycles. The predicted molar refractivity (Wildman–Crippen MR) is 118 cm³/mol. The number of carboxylic acid groups (broad SMARTS) is 1. The van der Waals surface area contributed by atoms with Crippen LogP contribution in [0.15, 0.2) is 65.8 Å². The lowest BCUT2D eigenvalue weighted by Gasteiger charge is -2.14. The molecule has 0 amide bonds. The lowest BCUT2D eigenvalue weighted by Crippen LogP contribution is -2.24. The Hall–Kier alpha value is -3.92. The number of aromatic nitrogens is 3. The van der Waals surface area contributed by atoms with E-state index in [9.17, 15) is 27.9 Å². The Kier molecular flexibility index (Phi) is 6.25. The molecule has 0 saturated carbocycles. The third kappa shape index (κ3) is 4.72. The Morgan fingerprint density at radius 2 is 1.91 bits per heavy atom. The van der Waals surface area contributed by atoms with Gasteiger partial charge in [-0.15, -0.1) is 0 Å². The summed E-state index contributed by atoms with van der Waals surface area (Å²) in [6.45, 7) is -0.0137. The molecular weight excluding hydrogens is 475 g/mol. The zero-order chi connectivity index (χ0) is 24.5. The van der Waals surface area contributed by atoms with Gasteiger partial charge in [0.05, 0.1) is 23.8 Å². The van der Waals surface area contributed by atoms with E-state index in [1.807, 2.05) is 0 Å². The lowest BCUT2D eigenvalue weighted by atomic mass is 10.0. The maximum Gasteiger partial charge on any atom is 0.435 e. The summed E-state index contributed by atoms with van der Waals surface area (Å²) < 4.78 is 46.4. The number of carbonyl (C=O) groups is 1. The molecule has 2 aromatic carbocycles. The van der Waals surface area contributed by atoms with Gasteiger partial charge in [-0.25, -0.2) is 14.8 Å². The Labute approximate surface area is 195 Å². The molecule has 4 aromatic rings. The second-order valence-corrected chi connectivity index (χ2v) is 7.61. The molecule has 7 nitrogen and oxygen atoms in total. The van der Waals surface area contributed by atoms with Crippen LogP contribution in [-0.4, -0.2) is 32.2 Å². The number of halogens is 4. The first-order valence-electron chi connectivity index (χ1n) is 9.82. The van der Waals surface area contributed by atoms with Crippen LogP contribution in [0, 0.1) is 0 Å². The second kappa shape index (κ2) is 9.14. The summed E-state index contributed by atoms with van der Waals surface area (Å²) in [5.41, 5.74) is -1.21. The molecular formula is C23H15ClF3N3O4. The van der Waals surface area contributed by atoms with Crippen molar-refractivity contribution in [1.29, 1.82) is 0 Å². The SMILES string of the molecule is O=C(O)c1cccc(-c2cc(Cl)ccc2OCCn2cnc3c(C(F)(F)F)nccc3c2=O)c1. The third-order valence-electron chi connectivity index (χ3n) is 4.96. The average Bonchev–Trinajstić information content (AvgIpc) is 2.80. The first kappa shape index (κ1) is 23.2. The van der Waals surface area contributed by atoms with E-state index < -0.39 is 28.9 Å². The van der Waals surface area contributed by atoms with Gasteiger partial charge in [-0.1, -0.05) is 23.7 Å². The summed E-state index contributed by atoms with van der Waals surface area (Å²) in [7, 11) is 0. The number of pyridine rings is 1. The standard InChI is InChI=1S/C23H15ClF3N3O4/c24-15-4-5-18(17(11-15)13-2-1-3-14(10-13)22(32)33)34-9-8-30-12-29-19-16(21(30)31)6-7-28-20(19)23(25,26)27/h1-7,10-12H,8-9H2,(H,32,33). The zero-order valence-electron chi connectivity index (χ0n) is 17.2. The van der Waals surface area contributed by atoms with Crippen LogP contribution in [0.3, 0.4) is 0 Å². The van der Waals surface area contributed by atoms with Gasteiger partial charge in [0.2, 0.25) is 0 Å². The third-order valence-corrected chi connectivity index (χ3v) is 5.20. The number of benzene rings is 2. The minimum absolute atomic E-state index is 0.00266. The Morgan fingerprint density at radius 1 is 1.12 bits per heavy atom. The van der Waals surface area contributed by atoms with E-state index in [-0.39, 0.29) is 24.1 Å². The van der Waals surface area contributed by atoms with Crippen molar-refractivity contribution in [2.24, 2.45) is 0 Å². The summed E-state index contributed by atoms with van der Waals surface area (Å²) in [5.74, 6) is -0.698. The number of carboxylic acids is 1. The smallest absolute Gasteiger partial charge is 0.435 e. The van der Waals surface area contributed by atoms with Crippen LogP contribution in [-0.2, 0) is 12.7 Å². The number of rotatable bonds is 6. The number of ether oxygens (including phenoxy) is 1. The fraction of sp³-hybridized carbons (Fsp3) is 0.130. The minimum Gasteiger partial charge on any atom is -0.491 e. The highest BCUT2D eigenvalue weighted by atomic mass is 35.5. The van der Waals surface area contributed by atoms with Crippen LogP contribution in [0.4, 0.5) is 13.2 Å². The van der Waals surface area contributed by atoms with Crippen molar-refractivity contribution >= 4 is 28.5 Å². The van der Waals surface area contributed by atoms with E-state index in [0.717, 1.165) is 17.1 Å². The van der Waals surface area contributed by atoms with Gasteiger partial charge in [0.25, 0.3) is 5.56 Å². The number of hydrogen-bond donors (Lipinski definition) is 1. The van der Waals surface area contributed by atoms with Gasteiger partial charge < -0.3 is 9.84 Å². The van der Waals surface area contributed by atoms with Crippen LogP contribution in [0.1, 0.15) is 16.1 Å². The largest absolute Gasteiger partial charge is 0.491 e. The molecule has 0 spiro atoms. The summed E-state index contributed by atoms with van der Waals surface area (Å²) >= 11 is 6.11. The van der Waals surface area contributed by atoms with Gasteiger partial charge in [-0.2, -0.15) is 13.2 Å². The van der Waals surface area contributed by atoms with Gasteiger partial charge >= 0.3 is 12.1 Å². The first-order chi connectivity index (χ1) is 16.1. The molecule has 0 saturated heterocycles. The van der Waals surface area contributed by atoms with Crippen molar-refractivity contribution in [3.63, 3.8) is 0 Å². The van der Waals surface area contributed by atoms with E-state index in [1.54, 1.807) is 30.3 Å². The summed E-state index contributed by atoms with van der Waals surface area (Å²) in [6.07, 6.45) is -2.80. The number of fused-ring (bicyclic) bond motifs is 1. The van der Waals surface area contributed by atoms with Crippen molar-refractivity contribution in [3.8, 4) is 16.9 Å². The quantitative estimate of drug-likeness (QED) is 0.413. The molecule has 11 heteroatoms. The number of nitrogens with zero attached hydrogens (tertiary/aromatic N) is 3. The molecule has 0 atom stereocenters. The summed E-state index contributed by atoms with van der Waals surface area (Å²) in [6, 6.07) is 12.2. The molecule has 1 N–H and O–H groups in total. The zero-order valence-corrected chi connectivity index (χ0v) is 18.0. The maximum atomic E-state index is 13.1. The molecule has 0 unspecified atom stereocenters. The van der Waals surface area contributed by atoms with Gasteiger partial charge in [-0.05, 0) is 42.0 Å². The highest BCUT2D eigenvalue weighted by Gasteiger charge is 2.35. The molecule has 0 aliphatic heterocycles. The van der Waals surface area contributed by atoms with Crippen molar-refractivity contribution in [2.45, 2.75) is 12.7 Å². The van der Waals surface area contributed by atoms with E-state index in [4.69, 9.17) is 16.3 Å². The molecule has 0 bridgehead atoms. The number of alkyl halides is 3. The predicted octanol–water partition coefficient (Wildman–Crippen LogP) is 4.91. The van der Waals surface area contributed by atoms with E-state index in [2.05, 4.69) is 9.97 Å². The molecule has 0 radical (unpaired) electrons. The molecule has 2 heterocycles. The second-order valence-electron chi connectivity index (χ2n) is 7.17. The van der Waals surface area contributed by atoms with Gasteiger partial charge in [-0.3, -0.25) is 9.36 Å². The van der Waals surface area contributed by atoms with Crippen molar-refractivity contribution in [2.75, 3.05) is 6.61 Å². The normalized spacial score (nSPS) is 11.5. The van der Waals surface area contributed by atoms with Gasteiger partial charge in [0, 0.05) is 16.8 Å². The lowest BCUT2D eigenvalue weighted by molar-refractivity contribution is -0.139. The topological polar surface area (TPSA) is 94.3 Å². The fourth-order valence-electron chi connectivity index (χ4n) is 3.39. The molecule has 0 aliphatic rings. The highest BCUT2D eigenvalue weighted by Crippen LogP contribution is 2.33. The highest BCUT2D eigenvalue weighted by molar-refractivity contribution is 6.31. The Bertz CT molecular complexity index is 1450. The molecule has 4 rings (SSSR count). The average molecular weight is 490 g/mol. The van der Waals surface area contributed by atoms with E-state index >= 15 is 0 Å². The van der Waals surface area contributed by atoms with Crippen LogP contribution >= 0.6 is 11.6 Å². The first-order valence-corrected chi connectivity index (χ1v) is 10.2. The van der Waals surface area contributed by atoms with E-state index in [0.29, 0.717) is 21.9 Å². The van der Waals surface area contributed by atoms with Crippen LogP contribution in [0.2, 0.25) is 5.02 Å². The molecule has 0 aliphatic carbocycles. The molecule has 0 fully saturated rings. The van der Waals surface area contributed by atoms with Gasteiger partial charge in [0.15, 0.2) is 5.69 Å². The molecule has 174 valence electrons. The molecule has 34 heavy (non-hydrogen) atoms. The van der Waals surface area contributed by atoms with Crippen LogP contribution in [0.25, 0.3) is 22.0 Å². The Balaban J connectivity index is 1.59. The van der Waals surface area contributed by atoms with Gasteiger partial charge in [0.1, 0.15) is 17.9 Å². The van der Waals surface area contributed by atoms with E-state index in [1.165, 1.54) is 18.2 Å². The van der Waals surface area contributed by atoms with Crippen LogP contribution in [0.5, 0.6) is 5.75 Å². The number of hydrogen-bond acceptors (Lipinski definition) is 5. The Morgan fingerprint density at radius 3 is 2.65 bits per heavy atom. The fourth-order valence-corrected chi connectivity index (χ4v) is 3.56. The maximum absolute atomic E-state index is 13.1. The van der Waals surface area contributed by atoms with Crippen molar-refractivity contribution in [3.05, 3.63) is 87.7 Å². The van der Waals surface area contributed by atoms with Crippen molar-refractivity contribution < 1.29 is 27.8 Å².